The van der Waals surface area contributed by atoms with Crippen molar-refractivity contribution >= 4 is 28.9 Å². The summed E-state index contributed by atoms with van der Waals surface area (Å²) in [5.41, 5.74) is 3.61. The minimum absolute atomic E-state index is 0.0656. The topological polar surface area (TPSA) is 71.4 Å². The van der Waals surface area contributed by atoms with Crippen molar-refractivity contribution in [1.29, 1.82) is 0 Å². The van der Waals surface area contributed by atoms with Gasteiger partial charge in [0.2, 0.25) is 5.91 Å². The largest absolute Gasteiger partial charge is 0.495 e. The highest BCUT2D eigenvalue weighted by molar-refractivity contribution is 7.80. The molecule has 0 bridgehead atoms. The zero-order valence-electron chi connectivity index (χ0n) is 19.9. The second kappa shape index (κ2) is 10.6. The summed E-state index contributed by atoms with van der Waals surface area (Å²) in [6.45, 7) is 0.454. The number of hydrogen-bond donors (Lipinski definition) is 2. The minimum Gasteiger partial charge on any atom is -0.495 e. The highest BCUT2D eigenvalue weighted by atomic mass is 32.1. The van der Waals surface area contributed by atoms with E-state index < -0.39 is 0 Å². The van der Waals surface area contributed by atoms with Crippen molar-refractivity contribution in [2.45, 2.75) is 18.5 Å². The lowest BCUT2D eigenvalue weighted by molar-refractivity contribution is -0.116. The number of aromatic nitrogens is 2. The van der Waals surface area contributed by atoms with Gasteiger partial charge in [-0.15, -0.1) is 0 Å². The first-order valence-electron chi connectivity index (χ1n) is 11.8. The maximum atomic E-state index is 12.8. The van der Waals surface area contributed by atoms with Crippen LogP contribution in [-0.2, 0) is 4.79 Å². The van der Waals surface area contributed by atoms with E-state index >= 15 is 0 Å². The number of amides is 1. The molecule has 182 valence electrons. The molecule has 2 aromatic heterocycles. The first kappa shape index (κ1) is 23.6. The Kier molecular flexibility index (Phi) is 6.95. The summed E-state index contributed by atoms with van der Waals surface area (Å²) in [6.07, 6.45) is 4.09. The average molecular weight is 498 g/mol. The van der Waals surface area contributed by atoms with Crippen LogP contribution in [0.25, 0.3) is 5.69 Å². The summed E-state index contributed by atoms with van der Waals surface area (Å²) in [6, 6.07) is 27.0. The Morgan fingerprint density at radius 2 is 1.81 bits per heavy atom. The zero-order valence-corrected chi connectivity index (χ0v) is 20.7. The standard InChI is InChI=1S/C28H27N5O2S/c1-35-24-15-6-5-13-22(24)32-18-9-14-23(32)27-26(21-12-7-8-17-29-21)31-28(36)33(27)19-16-25(34)30-20-10-3-2-4-11-20/h2-15,17-18,26-27H,16,19H2,1H3,(H,30,34)(H,31,36)/t26-,27+/m1/s1. The molecule has 0 spiro atoms. The fourth-order valence-corrected chi connectivity index (χ4v) is 4.95. The molecule has 8 heteroatoms. The second-order valence-electron chi connectivity index (χ2n) is 8.46. The van der Waals surface area contributed by atoms with E-state index in [2.05, 4.69) is 31.2 Å². The summed E-state index contributed by atoms with van der Waals surface area (Å²) in [7, 11) is 1.67. The van der Waals surface area contributed by atoms with E-state index in [1.54, 1.807) is 13.3 Å². The second-order valence-corrected chi connectivity index (χ2v) is 8.85. The Bertz CT molecular complexity index is 1340. The summed E-state index contributed by atoms with van der Waals surface area (Å²) in [5.74, 6) is 0.704. The minimum atomic E-state index is -0.183. The molecule has 0 radical (unpaired) electrons. The van der Waals surface area contributed by atoms with E-state index in [1.807, 2.05) is 85.1 Å². The molecule has 36 heavy (non-hydrogen) atoms. The SMILES string of the molecule is COc1ccccc1-n1cccc1[C@H]1[C@@H](c2ccccn2)NC(=S)N1CCC(=O)Nc1ccccc1. The number of benzene rings is 2. The molecule has 2 N–H and O–H groups in total. The van der Waals surface area contributed by atoms with Crippen LogP contribution in [0.3, 0.4) is 0 Å². The monoisotopic (exact) mass is 497 g/mol. The highest BCUT2D eigenvalue weighted by Gasteiger charge is 2.41. The van der Waals surface area contributed by atoms with Crippen LogP contribution in [-0.4, -0.2) is 39.1 Å². The number of pyridine rings is 1. The van der Waals surface area contributed by atoms with Crippen LogP contribution in [0.5, 0.6) is 5.75 Å². The van der Waals surface area contributed by atoms with Crippen LogP contribution in [0.15, 0.2) is 97.3 Å². The van der Waals surface area contributed by atoms with Crippen molar-refractivity contribution in [1.82, 2.24) is 19.8 Å². The number of methoxy groups -OCH3 is 1. The van der Waals surface area contributed by atoms with Crippen molar-refractivity contribution in [3.05, 3.63) is 109 Å². The Morgan fingerprint density at radius 3 is 2.58 bits per heavy atom. The van der Waals surface area contributed by atoms with E-state index in [-0.39, 0.29) is 24.4 Å². The van der Waals surface area contributed by atoms with Crippen LogP contribution in [0, 0.1) is 0 Å². The summed E-state index contributed by atoms with van der Waals surface area (Å²) in [4.78, 5) is 19.5. The van der Waals surface area contributed by atoms with Crippen LogP contribution in [0.1, 0.15) is 29.9 Å². The number of nitrogens with one attached hydrogen (secondary N) is 2. The number of para-hydroxylation sites is 3. The lowest BCUT2D eigenvalue weighted by Crippen LogP contribution is -2.33. The molecular weight excluding hydrogens is 470 g/mol. The Balaban J connectivity index is 1.47. The maximum Gasteiger partial charge on any atom is 0.226 e. The van der Waals surface area contributed by atoms with Gasteiger partial charge >= 0.3 is 0 Å². The number of thiocarbonyl (C=S) groups is 1. The van der Waals surface area contributed by atoms with Crippen molar-refractivity contribution in [3.63, 3.8) is 0 Å². The molecule has 2 aromatic carbocycles. The fourth-order valence-electron chi connectivity index (χ4n) is 4.62. The Morgan fingerprint density at radius 1 is 1.03 bits per heavy atom. The van der Waals surface area contributed by atoms with Gasteiger partial charge in [0.15, 0.2) is 5.11 Å². The number of anilines is 1. The molecule has 1 aliphatic heterocycles. The van der Waals surface area contributed by atoms with E-state index in [1.165, 1.54) is 0 Å². The Labute approximate surface area is 215 Å². The van der Waals surface area contributed by atoms with Gasteiger partial charge in [-0.1, -0.05) is 36.4 Å². The number of carbonyl (C=O) groups is 1. The zero-order chi connectivity index (χ0) is 24.9. The van der Waals surface area contributed by atoms with Crippen LogP contribution >= 0.6 is 12.2 Å². The first-order valence-corrected chi connectivity index (χ1v) is 12.2. The molecular formula is C28H27N5O2S. The van der Waals surface area contributed by atoms with Crippen LogP contribution in [0.2, 0.25) is 0 Å². The molecule has 2 atom stereocenters. The number of ether oxygens (including phenoxy) is 1. The van der Waals surface area contributed by atoms with E-state index in [9.17, 15) is 4.79 Å². The lowest BCUT2D eigenvalue weighted by Gasteiger charge is -2.29. The number of rotatable bonds is 8. The van der Waals surface area contributed by atoms with Crippen LogP contribution < -0.4 is 15.4 Å². The van der Waals surface area contributed by atoms with Gasteiger partial charge in [0, 0.05) is 36.7 Å². The van der Waals surface area contributed by atoms with Crippen molar-refractivity contribution in [2.24, 2.45) is 0 Å². The Hall–Kier alpha value is -4.17. The van der Waals surface area contributed by atoms with Crippen molar-refractivity contribution < 1.29 is 9.53 Å². The molecule has 7 nitrogen and oxygen atoms in total. The number of carbonyl (C=O) groups excluding carboxylic acids is 1. The van der Waals surface area contributed by atoms with Gasteiger partial charge in [-0.05, 0) is 60.7 Å². The van der Waals surface area contributed by atoms with Gasteiger partial charge < -0.3 is 24.8 Å². The van der Waals surface area contributed by atoms with Gasteiger partial charge in [0.1, 0.15) is 5.75 Å². The smallest absolute Gasteiger partial charge is 0.226 e. The third-order valence-electron chi connectivity index (χ3n) is 6.26. The summed E-state index contributed by atoms with van der Waals surface area (Å²) >= 11 is 5.78. The number of nitrogens with zero attached hydrogens (tertiary/aromatic N) is 3. The molecule has 3 heterocycles. The third kappa shape index (κ3) is 4.81. The van der Waals surface area contributed by atoms with E-state index in [0.29, 0.717) is 11.7 Å². The average Bonchev–Trinajstić information content (AvgIpc) is 3.52. The highest BCUT2D eigenvalue weighted by Crippen LogP contribution is 2.40. The third-order valence-corrected chi connectivity index (χ3v) is 6.62. The number of hydrogen-bond acceptors (Lipinski definition) is 4. The van der Waals surface area contributed by atoms with Gasteiger partial charge in [-0.25, -0.2) is 0 Å². The molecule has 1 fully saturated rings. The first-order chi connectivity index (χ1) is 17.7. The molecule has 1 saturated heterocycles. The lowest BCUT2D eigenvalue weighted by atomic mass is 10.0. The molecule has 1 aliphatic rings. The normalized spacial score (nSPS) is 17.0. The molecule has 1 amide bonds. The van der Waals surface area contributed by atoms with E-state index in [0.717, 1.165) is 28.5 Å². The van der Waals surface area contributed by atoms with E-state index in [4.69, 9.17) is 17.0 Å². The predicted molar refractivity (Wildman–Crippen MR) is 144 cm³/mol. The maximum absolute atomic E-state index is 12.8. The van der Waals surface area contributed by atoms with Gasteiger partial charge in [-0.2, -0.15) is 0 Å². The van der Waals surface area contributed by atoms with Gasteiger partial charge in [0.05, 0.1) is 30.6 Å². The van der Waals surface area contributed by atoms with Crippen LogP contribution in [0.4, 0.5) is 5.69 Å². The van der Waals surface area contributed by atoms with Crippen molar-refractivity contribution in [3.8, 4) is 11.4 Å². The van der Waals surface area contributed by atoms with Gasteiger partial charge in [-0.3, -0.25) is 9.78 Å². The fraction of sp³-hybridized carbons (Fsp3) is 0.179. The molecule has 0 unspecified atom stereocenters. The predicted octanol–water partition coefficient (Wildman–Crippen LogP) is 4.88. The van der Waals surface area contributed by atoms with Gasteiger partial charge in [0.25, 0.3) is 0 Å². The molecule has 0 aliphatic carbocycles. The quantitative estimate of drug-likeness (QED) is 0.338. The molecule has 0 saturated carbocycles. The summed E-state index contributed by atoms with van der Waals surface area (Å²) < 4.78 is 7.76. The summed E-state index contributed by atoms with van der Waals surface area (Å²) in [5, 5.41) is 7.01. The molecule has 4 aromatic rings. The molecule has 5 rings (SSSR count). The van der Waals surface area contributed by atoms with Crippen molar-refractivity contribution in [2.75, 3.05) is 19.0 Å².